The molecule has 7 heteroatoms. The van der Waals surface area contributed by atoms with Crippen LogP contribution in [0, 0.1) is 0 Å². The Morgan fingerprint density at radius 3 is 2.92 bits per heavy atom. The van der Waals surface area contributed by atoms with Gasteiger partial charge in [0.05, 0.1) is 11.9 Å². The number of amides is 1. The van der Waals surface area contributed by atoms with Crippen LogP contribution in [-0.4, -0.2) is 57.7 Å². The molecule has 7 nitrogen and oxygen atoms in total. The van der Waals surface area contributed by atoms with Crippen molar-refractivity contribution in [3.63, 3.8) is 0 Å². The lowest BCUT2D eigenvalue weighted by Gasteiger charge is -2.27. The van der Waals surface area contributed by atoms with E-state index in [4.69, 9.17) is 4.74 Å². The highest BCUT2D eigenvalue weighted by Gasteiger charge is 2.30. The summed E-state index contributed by atoms with van der Waals surface area (Å²) in [6.07, 6.45) is 5.69. The number of H-pyrrole nitrogens is 1. The number of rotatable bonds is 7. The minimum atomic E-state index is -0.870. The summed E-state index contributed by atoms with van der Waals surface area (Å²) in [5, 5.41) is 13.6. The fourth-order valence-corrected chi connectivity index (χ4v) is 3.16. The average molecular weight is 358 g/mol. The summed E-state index contributed by atoms with van der Waals surface area (Å²) >= 11 is 0. The van der Waals surface area contributed by atoms with E-state index in [1.54, 1.807) is 18.5 Å². The van der Waals surface area contributed by atoms with Crippen LogP contribution in [0.3, 0.4) is 0 Å². The predicted molar refractivity (Wildman–Crippen MR) is 97.6 cm³/mol. The number of carbonyl (C=O) groups excluding carboxylic acids is 1. The zero-order valence-electron chi connectivity index (χ0n) is 14.9. The van der Waals surface area contributed by atoms with Crippen LogP contribution in [0.4, 0.5) is 0 Å². The molecule has 1 aliphatic heterocycles. The number of carbonyl (C=O) groups is 1. The second-order valence-corrected chi connectivity index (χ2v) is 6.81. The molecule has 1 atom stereocenters. The molecule has 2 aromatic rings. The first-order valence-electron chi connectivity index (χ1n) is 8.99. The van der Waals surface area contributed by atoms with Gasteiger partial charge in [0.1, 0.15) is 5.75 Å². The minimum absolute atomic E-state index is 0.0496. The summed E-state index contributed by atoms with van der Waals surface area (Å²) in [5.74, 6) is 0.436. The maximum Gasteiger partial charge on any atom is 0.258 e. The number of para-hydroxylation sites is 1. The second kappa shape index (κ2) is 8.82. The van der Waals surface area contributed by atoms with Crippen LogP contribution >= 0.6 is 0 Å². The van der Waals surface area contributed by atoms with E-state index in [0.29, 0.717) is 18.6 Å². The van der Waals surface area contributed by atoms with Crippen molar-refractivity contribution >= 4 is 5.91 Å². The van der Waals surface area contributed by atoms with E-state index in [2.05, 4.69) is 20.2 Å². The van der Waals surface area contributed by atoms with Crippen molar-refractivity contribution in [3.05, 3.63) is 48.5 Å². The van der Waals surface area contributed by atoms with E-state index < -0.39 is 5.60 Å². The Labute approximate surface area is 153 Å². The van der Waals surface area contributed by atoms with Crippen LogP contribution in [0.2, 0.25) is 0 Å². The van der Waals surface area contributed by atoms with Crippen molar-refractivity contribution in [1.29, 1.82) is 0 Å². The fourth-order valence-electron chi connectivity index (χ4n) is 3.16. The lowest BCUT2D eigenvalue weighted by Crippen LogP contribution is -2.44. The number of aromatic nitrogens is 2. The number of hydrogen-bond acceptors (Lipinski definition) is 5. The molecule has 0 spiro atoms. The molecule has 0 saturated carbocycles. The minimum Gasteiger partial charge on any atom is -0.484 e. The molecule has 1 fully saturated rings. The Morgan fingerprint density at radius 1 is 1.31 bits per heavy atom. The zero-order valence-corrected chi connectivity index (χ0v) is 14.9. The van der Waals surface area contributed by atoms with Crippen molar-refractivity contribution in [2.24, 2.45) is 0 Å². The standard InChI is InChI=1S/C19H26N4O3/c24-18(13-26-17-5-2-1-3-6-17)21-14-19(25)7-4-9-23(10-8-19)12-16-11-20-15-22-16/h1-3,5-6,11,15,25H,4,7-10,12-14H2,(H,20,22)(H,21,24)/t19-/m1/s1. The second-order valence-electron chi connectivity index (χ2n) is 6.81. The molecule has 1 aliphatic rings. The molecule has 1 aromatic carbocycles. The van der Waals surface area contributed by atoms with Gasteiger partial charge in [-0.3, -0.25) is 9.69 Å². The van der Waals surface area contributed by atoms with E-state index in [0.717, 1.165) is 31.7 Å². The number of imidazole rings is 1. The number of nitrogens with one attached hydrogen (secondary N) is 2. The van der Waals surface area contributed by atoms with Crippen LogP contribution in [0.1, 0.15) is 25.0 Å². The third-order valence-electron chi connectivity index (χ3n) is 4.69. The van der Waals surface area contributed by atoms with Gasteiger partial charge in [0, 0.05) is 31.5 Å². The lowest BCUT2D eigenvalue weighted by molar-refractivity contribution is -0.124. The van der Waals surface area contributed by atoms with Crippen molar-refractivity contribution in [2.45, 2.75) is 31.4 Å². The smallest absolute Gasteiger partial charge is 0.258 e. The number of hydrogen-bond donors (Lipinski definition) is 3. The van der Waals surface area contributed by atoms with E-state index >= 15 is 0 Å². The summed E-state index contributed by atoms with van der Waals surface area (Å²) < 4.78 is 5.43. The third kappa shape index (κ3) is 5.57. The zero-order chi connectivity index (χ0) is 18.2. The molecule has 1 aromatic heterocycles. The van der Waals surface area contributed by atoms with Crippen molar-refractivity contribution in [2.75, 3.05) is 26.2 Å². The highest BCUT2D eigenvalue weighted by Crippen LogP contribution is 2.22. The fraction of sp³-hybridized carbons (Fsp3) is 0.474. The molecule has 1 amide bonds. The number of ether oxygens (including phenoxy) is 1. The van der Waals surface area contributed by atoms with Crippen molar-refractivity contribution in [3.8, 4) is 5.75 Å². The van der Waals surface area contributed by atoms with Crippen LogP contribution < -0.4 is 10.1 Å². The summed E-state index contributed by atoms with van der Waals surface area (Å²) in [6.45, 7) is 2.71. The van der Waals surface area contributed by atoms with Crippen molar-refractivity contribution < 1.29 is 14.6 Å². The quantitative estimate of drug-likeness (QED) is 0.695. The first kappa shape index (κ1) is 18.4. The van der Waals surface area contributed by atoms with Crippen LogP contribution in [-0.2, 0) is 11.3 Å². The monoisotopic (exact) mass is 358 g/mol. The molecule has 0 aliphatic carbocycles. The normalized spacial score (nSPS) is 21.1. The maximum atomic E-state index is 12.0. The van der Waals surface area contributed by atoms with Gasteiger partial charge in [0.2, 0.25) is 0 Å². The van der Waals surface area contributed by atoms with Gasteiger partial charge in [-0.05, 0) is 37.9 Å². The van der Waals surface area contributed by atoms with Crippen LogP contribution in [0.15, 0.2) is 42.9 Å². The van der Waals surface area contributed by atoms with Gasteiger partial charge in [-0.25, -0.2) is 4.98 Å². The summed E-state index contributed by atoms with van der Waals surface area (Å²) in [5.41, 5.74) is 0.201. The first-order valence-corrected chi connectivity index (χ1v) is 8.99. The highest BCUT2D eigenvalue weighted by atomic mass is 16.5. The summed E-state index contributed by atoms with van der Waals surface area (Å²) in [7, 11) is 0. The molecule has 2 heterocycles. The molecule has 140 valence electrons. The van der Waals surface area contributed by atoms with E-state index in [9.17, 15) is 9.90 Å². The average Bonchev–Trinajstić information content (AvgIpc) is 3.09. The summed E-state index contributed by atoms with van der Waals surface area (Å²) in [4.78, 5) is 21.4. The Balaban J connectivity index is 1.41. The molecule has 3 rings (SSSR count). The van der Waals surface area contributed by atoms with E-state index in [-0.39, 0.29) is 19.1 Å². The van der Waals surface area contributed by atoms with Crippen LogP contribution in [0.5, 0.6) is 5.75 Å². The maximum absolute atomic E-state index is 12.0. The SMILES string of the molecule is O=C(COc1ccccc1)NC[C@@]1(O)CCCN(Cc2cnc[nH]2)CC1. The number of nitrogens with zero attached hydrogens (tertiary/aromatic N) is 2. The van der Waals surface area contributed by atoms with Gasteiger partial charge in [0.15, 0.2) is 6.61 Å². The number of benzene rings is 1. The summed E-state index contributed by atoms with van der Waals surface area (Å²) in [6, 6.07) is 9.22. The Bertz CT molecular complexity index is 677. The third-order valence-corrected chi connectivity index (χ3v) is 4.69. The predicted octanol–water partition coefficient (Wildman–Crippen LogP) is 1.32. The van der Waals surface area contributed by atoms with E-state index in [1.165, 1.54) is 0 Å². The number of likely N-dealkylation sites (tertiary alicyclic amines) is 1. The van der Waals surface area contributed by atoms with Gasteiger partial charge in [0.25, 0.3) is 5.91 Å². The van der Waals surface area contributed by atoms with Gasteiger partial charge < -0.3 is 20.1 Å². The van der Waals surface area contributed by atoms with E-state index in [1.807, 2.05) is 24.4 Å². The largest absolute Gasteiger partial charge is 0.484 e. The Morgan fingerprint density at radius 2 is 2.15 bits per heavy atom. The first-order chi connectivity index (χ1) is 12.6. The molecule has 26 heavy (non-hydrogen) atoms. The number of aliphatic hydroxyl groups is 1. The molecule has 3 N–H and O–H groups in total. The van der Waals surface area contributed by atoms with Crippen molar-refractivity contribution in [1.82, 2.24) is 20.2 Å². The molecule has 0 unspecified atom stereocenters. The van der Waals surface area contributed by atoms with Crippen LogP contribution in [0.25, 0.3) is 0 Å². The Kier molecular flexibility index (Phi) is 6.25. The molecule has 1 saturated heterocycles. The number of aromatic amines is 1. The van der Waals surface area contributed by atoms with Gasteiger partial charge in [-0.2, -0.15) is 0 Å². The lowest BCUT2D eigenvalue weighted by atomic mass is 9.95. The van der Waals surface area contributed by atoms with Gasteiger partial charge in [-0.15, -0.1) is 0 Å². The highest BCUT2D eigenvalue weighted by molar-refractivity contribution is 5.77. The van der Waals surface area contributed by atoms with Gasteiger partial charge >= 0.3 is 0 Å². The Hall–Kier alpha value is -2.38. The molecular formula is C19H26N4O3. The molecule has 0 bridgehead atoms. The topological polar surface area (TPSA) is 90.5 Å². The molecular weight excluding hydrogens is 332 g/mol. The van der Waals surface area contributed by atoms with Gasteiger partial charge in [-0.1, -0.05) is 18.2 Å². The molecule has 0 radical (unpaired) electrons.